The third-order valence-electron chi connectivity index (χ3n) is 2.86. The van der Waals surface area contributed by atoms with E-state index in [1.165, 1.54) is 7.11 Å². The van der Waals surface area contributed by atoms with Gasteiger partial charge in [-0.1, -0.05) is 0 Å². The van der Waals surface area contributed by atoms with Gasteiger partial charge in [-0.3, -0.25) is 4.98 Å². The average molecular weight is 253 g/mol. The highest BCUT2D eigenvalue weighted by atomic mass is 16.5. The number of rotatable bonds is 2. The number of imidazole rings is 1. The SMILES string of the molecule is COC(=O)c1ccn2cc(-c3ccncc3)nc2c1. The van der Waals surface area contributed by atoms with Gasteiger partial charge in [0.1, 0.15) is 5.65 Å². The molecule has 0 fully saturated rings. The first-order chi connectivity index (χ1) is 9.28. The molecular formula is C14H11N3O2. The van der Waals surface area contributed by atoms with Crippen LogP contribution in [0.2, 0.25) is 0 Å². The smallest absolute Gasteiger partial charge is 0.338 e. The van der Waals surface area contributed by atoms with E-state index in [0.717, 1.165) is 11.3 Å². The van der Waals surface area contributed by atoms with Gasteiger partial charge in [-0.05, 0) is 24.3 Å². The quantitative estimate of drug-likeness (QED) is 0.657. The Morgan fingerprint density at radius 2 is 2.05 bits per heavy atom. The molecule has 19 heavy (non-hydrogen) atoms. The van der Waals surface area contributed by atoms with Gasteiger partial charge in [-0.15, -0.1) is 0 Å². The van der Waals surface area contributed by atoms with Gasteiger partial charge in [0.15, 0.2) is 0 Å². The van der Waals surface area contributed by atoms with Crippen molar-refractivity contribution in [3.8, 4) is 11.3 Å². The van der Waals surface area contributed by atoms with Gasteiger partial charge in [-0.2, -0.15) is 0 Å². The zero-order valence-electron chi connectivity index (χ0n) is 10.3. The van der Waals surface area contributed by atoms with E-state index in [-0.39, 0.29) is 5.97 Å². The van der Waals surface area contributed by atoms with Crippen LogP contribution in [-0.2, 0) is 4.74 Å². The second-order valence-corrected chi connectivity index (χ2v) is 4.03. The van der Waals surface area contributed by atoms with Crippen molar-refractivity contribution in [2.45, 2.75) is 0 Å². The number of ether oxygens (including phenoxy) is 1. The summed E-state index contributed by atoms with van der Waals surface area (Å²) in [6.45, 7) is 0. The summed E-state index contributed by atoms with van der Waals surface area (Å²) in [5, 5.41) is 0. The molecule has 0 N–H and O–H groups in total. The van der Waals surface area contributed by atoms with Crippen LogP contribution in [0.1, 0.15) is 10.4 Å². The highest BCUT2D eigenvalue weighted by Crippen LogP contribution is 2.18. The Bertz CT molecular complexity index is 735. The lowest BCUT2D eigenvalue weighted by molar-refractivity contribution is 0.0600. The zero-order chi connectivity index (χ0) is 13.2. The van der Waals surface area contributed by atoms with Crippen LogP contribution in [0.15, 0.2) is 49.1 Å². The summed E-state index contributed by atoms with van der Waals surface area (Å²) >= 11 is 0. The Kier molecular flexibility index (Phi) is 2.72. The van der Waals surface area contributed by atoms with Crippen LogP contribution >= 0.6 is 0 Å². The Hall–Kier alpha value is -2.69. The number of esters is 1. The van der Waals surface area contributed by atoms with Crippen LogP contribution in [0.25, 0.3) is 16.9 Å². The van der Waals surface area contributed by atoms with Gasteiger partial charge in [0.05, 0.1) is 18.4 Å². The molecule has 3 rings (SSSR count). The van der Waals surface area contributed by atoms with Gasteiger partial charge in [0.25, 0.3) is 0 Å². The molecule has 3 aromatic heterocycles. The first-order valence-corrected chi connectivity index (χ1v) is 5.75. The standard InChI is InChI=1S/C14H11N3O2/c1-19-14(18)11-4-7-17-9-12(16-13(17)8-11)10-2-5-15-6-3-10/h2-9H,1H3. The zero-order valence-corrected chi connectivity index (χ0v) is 10.3. The van der Waals surface area contributed by atoms with Crippen molar-refractivity contribution in [1.29, 1.82) is 0 Å². The molecule has 5 heteroatoms. The number of hydrogen-bond donors (Lipinski definition) is 0. The number of carbonyl (C=O) groups excluding carboxylic acids is 1. The molecule has 0 bridgehead atoms. The molecule has 0 radical (unpaired) electrons. The first kappa shape index (κ1) is 11.4. The van der Waals surface area contributed by atoms with Gasteiger partial charge in [0.2, 0.25) is 0 Å². The van der Waals surface area contributed by atoms with Crippen LogP contribution in [0.3, 0.4) is 0 Å². The molecular weight excluding hydrogens is 242 g/mol. The molecule has 0 atom stereocenters. The fraction of sp³-hybridized carbons (Fsp3) is 0.0714. The minimum absolute atomic E-state index is 0.365. The number of aromatic nitrogens is 3. The van der Waals surface area contributed by atoms with E-state index in [1.807, 2.05) is 22.7 Å². The lowest BCUT2D eigenvalue weighted by Gasteiger charge is -1.98. The van der Waals surface area contributed by atoms with Crippen LogP contribution in [0.4, 0.5) is 0 Å². The second kappa shape index (κ2) is 4.53. The van der Waals surface area contributed by atoms with Gasteiger partial charge < -0.3 is 9.14 Å². The number of carbonyl (C=O) groups is 1. The number of hydrogen-bond acceptors (Lipinski definition) is 4. The molecule has 5 nitrogen and oxygen atoms in total. The van der Waals surface area contributed by atoms with E-state index in [4.69, 9.17) is 4.74 Å². The predicted molar refractivity (Wildman–Crippen MR) is 69.8 cm³/mol. The maximum Gasteiger partial charge on any atom is 0.338 e. The molecule has 0 saturated heterocycles. The number of nitrogens with zero attached hydrogens (tertiary/aromatic N) is 3. The van der Waals surface area contributed by atoms with E-state index in [1.54, 1.807) is 30.7 Å². The Balaban J connectivity index is 2.09. The van der Waals surface area contributed by atoms with Crippen molar-refractivity contribution in [3.63, 3.8) is 0 Å². The van der Waals surface area contributed by atoms with Crippen LogP contribution < -0.4 is 0 Å². The third kappa shape index (κ3) is 2.06. The summed E-state index contributed by atoms with van der Waals surface area (Å²) in [6.07, 6.45) is 7.14. The summed E-state index contributed by atoms with van der Waals surface area (Å²) < 4.78 is 6.56. The summed E-state index contributed by atoms with van der Waals surface area (Å²) in [4.78, 5) is 19.9. The molecule has 0 saturated carbocycles. The molecule has 0 aromatic carbocycles. The predicted octanol–water partition coefficient (Wildman–Crippen LogP) is 2.18. The average Bonchev–Trinajstić information content (AvgIpc) is 2.90. The van der Waals surface area contributed by atoms with E-state index in [9.17, 15) is 4.79 Å². The molecule has 0 amide bonds. The topological polar surface area (TPSA) is 56.5 Å². The lowest BCUT2D eigenvalue weighted by atomic mass is 10.2. The molecule has 0 unspecified atom stereocenters. The fourth-order valence-corrected chi connectivity index (χ4v) is 1.89. The fourth-order valence-electron chi connectivity index (χ4n) is 1.89. The first-order valence-electron chi connectivity index (χ1n) is 5.75. The summed E-state index contributed by atoms with van der Waals surface area (Å²) in [5.74, 6) is -0.365. The van der Waals surface area contributed by atoms with Crippen molar-refractivity contribution in [3.05, 3.63) is 54.6 Å². The lowest BCUT2D eigenvalue weighted by Crippen LogP contribution is -2.01. The Morgan fingerprint density at radius 1 is 1.26 bits per heavy atom. The van der Waals surface area contributed by atoms with E-state index < -0.39 is 0 Å². The van der Waals surface area contributed by atoms with Crippen molar-refractivity contribution < 1.29 is 9.53 Å². The van der Waals surface area contributed by atoms with Crippen molar-refractivity contribution in [2.75, 3.05) is 7.11 Å². The van der Waals surface area contributed by atoms with Gasteiger partial charge in [0, 0.05) is 30.4 Å². The Morgan fingerprint density at radius 3 is 2.79 bits per heavy atom. The van der Waals surface area contributed by atoms with E-state index >= 15 is 0 Å². The van der Waals surface area contributed by atoms with Crippen molar-refractivity contribution in [2.24, 2.45) is 0 Å². The monoisotopic (exact) mass is 253 g/mol. The molecule has 94 valence electrons. The van der Waals surface area contributed by atoms with Crippen molar-refractivity contribution >= 4 is 11.6 Å². The highest BCUT2D eigenvalue weighted by Gasteiger charge is 2.09. The largest absolute Gasteiger partial charge is 0.465 e. The summed E-state index contributed by atoms with van der Waals surface area (Å²) in [5.41, 5.74) is 3.01. The van der Waals surface area contributed by atoms with Crippen LogP contribution in [0.5, 0.6) is 0 Å². The summed E-state index contributed by atoms with van der Waals surface area (Å²) in [6, 6.07) is 7.19. The number of fused-ring (bicyclic) bond motifs is 1. The number of methoxy groups -OCH3 is 1. The molecule has 3 aromatic rings. The maximum absolute atomic E-state index is 11.5. The normalized spacial score (nSPS) is 10.6. The van der Waals surface area contributed by atoms with E-state index in [0.29, 0.717) is 11.2 Å². The minimum atomic E-state index is -0.365. The summed E-state index contributed by atoms with van der Waals surface area (Å²) in [7, 11) is 1.36. The van der Waals surface area contributed by atoms with E-state index in [2.05, 4.69) is 9.97 Å². The van der Waals surface area contributed by atoms with Crippen LogP contribution in [-0.4, -0.2) is 27.4 Å². The van der Waals surface area contributed by atoms with Crippen molar-refractivity contribution in [1.82, 2.24) is 14.4 Å². The molecule has 0 aliphatic carbocycles. The Labute approximate surface area is 109 Å². The third-order valence-corrected chi connectivity index (χ3v) is 2.86. The number of pyridine rings is 2. The van der Waals surface area contributed by atoms with Gasteiger partial charge in [-0.25, -0.2) is 9.78 Å². The molecule has 3 heterocycles. The molecule has 0 aliphatic heterocycles. The second-order valence-electron chi connectivity index (χ2n) is 4.03. The minimum Gasteiger partial charge on any atom is -0.465 e. The molecule has 0 spiro atoms. The highest BCUT2D eigenvalue weighted by molar-refractivity contribution is 5.90. The maximum atomic E-state index is 11.5. The van der Waals surface area contributed by atoms with Gasteiger partial charge >= 0.3 is 5.97 Å². The van der Waals surface area contributed by atoms with Crippen LogP contribution in [0, 0.1) is 0 Å². The molecule has 0 aliphatic rings.